The third-order valence-electron chi connectivity index (χ3n) is 2.69. The summed E-state index contributed by atoms with van der Waals surface area (Å²) in [5.41, 5.74) is 5.91. The van der Waals surface area contributed by atoms with Gasteiger partial charge in [-0.1, -0.05) is 17.4 Å². The number of benzene rings is 1. The van der Waals surface area contributed by atoms with Crippen LogP contribution in [0.5, 0.6) is 5.75 Å². The number of fused-ring (bicyclic) bond motifs is 1. The molecule has 8 heteroatoms. The number of carbonyl (C=O) groups is 2. The smallest absolute Gasteiger partial charge is 0.404 e. The first-order valence-corrected chi connectivity index (χ1v) is 6.56. The Labute approximate surface area is 117 Å². The number of ether oxygens (including phenoxy) is 1. The number of phenols is 1. The van der Waals surface area contributed by atoms with Gasteiger partial charge in [-0.25, -0.2) is 4.79 Å². The fraction of sp³-hybridized carbons (Fsp3) is 0.250. The average molecular weight is 296 g/mol. The Morgan fingerprint density at radius 2 is 2.15 bits per heavy atom. The van der Waals surface area contributed by atoms with E-state index >= 15 is 0 Å². The minimum absolute atomic E-state index is 0.00881. The molecule has 0 saturated carbocycles. The Morgan fingerprint density at radius 1 is 1.40 bits per heavy atom. The van der Waals surface area contributed by atoms with Gasteiger partial charge in [0.15, 0.2) is 12.4 Å². The predicted octanol–water partition coefficient (Wildman–Crippen LogP) is 0.892. The monoisotopic (exact) mass is 296 g/mol. The summed E-state index contributed by atoms with van der Waals surface area (Å²) in [6, 6.07) is 3.12. The zero-order valence-electron chi connectivity index (χ0n) is 10.3. The highest BCUT2D eigenvalue weighted by molar-refractivity contribution is 7.16. The van der Waals surface area contributed by atoms with E-state index in [1.54, 1.807) is 6.07 Å². The van der Waals surface area contributed by atoms with Crippen LogP contribution in [0.15, 0.2) is 16.9 Å². The van der Waals surface area contributed by atoms with E-state index in [0.29, 0.717) is 16.6 Å². The number of thiazole rings is 1. The Bertz CT molecular complexity index is 718. The lowest BCUT2D eigenvalue weighted by Crippen LogP contribution is -2.19. The molecule has 106 valence electrons. The molecular formula is C12H12N2O5S. The number of primary amides is 1. The topological polar surface area (TPSA) is 122 Å². The van der Waals surface area contributed by atoms with Crippen molar-refractivity contribution in [3.8, 4) is 5.75 Å². The molecular weight excluding hydrogens is 284 g/mol. The van der Waals surface area contributed by atoms with Gasteiger partial charge in [0.1, 0.15) is 11.3 Å². The van der Waals surface area contributed by atoms with Gasteiger partial charge in [0.2, 0.25) is 0 Å². The maximum Gasteiger partial charge on any atom is 0.404 e. The Kier molecular flexibility index (Phi) is 4.04. The van der Waals surface area contributed by atoms with E-state index < -0.39 is 6.09 Å². The number of aromatic amines is 1. The summed E-state index contributed by atoms with van der Waals surface area (Å²) >= 11 is 0.975. The van der Waals surface area contributed by atoms with E-state index in [1.165, 1.54) is 6.07 Å². The van der Waals surface area contributed by atoms with Gasteiger partial charge in [0.05, 0.1) is 4.70 Å². The highest BCUT2D eigenvalue weighted by atomic mass is 32.1. The van der Waals surface area contributed by atoms with Crippen LogP contribution in [0.3, 0.4) is 0 Å². The molecule has 7 nitrogen and oxygen atoms in total. The van der Waals surface area contributed by atoms with Crippen molar-refractivity contribution in [2.75, 3.05) is 6.61 Å². The number of amides is 1. The quantitative estimate of drug-likeness (QED) is 0.756. The first-order chi connectivity index (χ1) is 9.47. The second-order valence-corrected chi connectivity index (χ2v) is 5.09. The SMILES string of the molecule is NC(=O)OCC(=O)CCc1ccc(O)c2[nH]c(=O)sc12. The van der Waals surface area contributed by atoms with Crippen molar-refractivity contribution in [1.82, 2.24) is 4.98 Å². The summed E-state index contributed by atoms with van der Waals surface area (Å²) in [7, 11) is 0. The van der Waals surface area contributed by atoms with E-state index in [4.69, 9.17) is 5.73 Å². The standard InChI is InChI=1S/C12H12N2O5S/c13-11(17)19-5-7(15)3-1-6-2-4-8(16)9-10(6)20-12(18)14-9/h2,4,16H,1,3,5H2,(H2,13,17)(H,14,18). The van der Waals surface area contributed by atoms with Crippen LogP contribution in [0.1, 0.15) is 12.0 Å². The number of ketones is 1. The number of phenolic OH excluding ortho intramolecular Hbond substituents is 1. The maximum atomic E-state index is 11.5. The molecule has 0 aliphatic heterocycles. The zero-order chi connectivity index (χ0) is 14.7. The number of Topliss-reactive ketones (excluding diaryl/α,β-unsaturated/α-hetero) is 1. The molecule has 0 bridgehead atoms. The van der Waals surface area contributed by atoms with Crippen LogP contribution in [0, 0.1) is 0 Å². The first kappa shape index (κ1) is 14.1. The van der Waals surface area contributed by atoms with Crippen molar-refractivity contribution in [3.05, 3.63) is 27.4 Å². The molecule has 0 saturated heterocycles. The minimum Gasteiger partial charge on any atom is -0.506 e. The second-order valence-electron chi connectivity index (χ2n) is 4.11. The number of aromatic nitrogens is 1. The minimum atomic E-state index is -0.991. The third kappa shape index (κ3) is 3.15. The van der Waals surface area contributed by atoms with Gasteiger partial charge in [-0.2, -0.15) is 0 Å². The fourth-order valence-corrected chi connectivity index (χ4v) is 2.67. The van der Waals surface area contributed by atoms with E-state index in [0.717, 1.165) is 16.9 Å². The van der Waals surface area contributed by atoms with Gasteiger partial charge in [0.25, 0.3) is 0 Å². The number of rotatable bonds is 5. The fourth-order valence-electron chi connectivity index (χ4n) is 1.77. The maximum absolute atomic E-state index is 11.5. The summed E-state index contributed by atoms with van der Waals surface area (Å²) in [6.45, 7) is -0.361. The zero-order valence-corrected chi connectivity index (χ0v) is 11.2. The number of carbonyl (C=O) groups excluding carboxylic acids is 2. The van der Waals surface area contributed by atoms with Crippen molar-refractivity contribution in [2.45, 2.75) is 12.8 Å². The second kappa shape index (κ2) is 5.74. The lowest BCUT2D eigenvalue weighted by atomic mass is 10.1. The summed E-state index contributed by atoms with van der Waals surface area (Å²) in [5.74, 6) is -0.279. The molecule has 0 fully saturated rings. The van der Waals surface area contributed by atoms with Crippen LogP contribution >= 0.6 is 11.3 Å². The summed E-state index contributed by atoms with van der Waals surface area (Å²) in [4.78, 5) is 35.4. The molecule has 4 N–H and O–H groups in total. The van der Waals surface area contributed by atoms with Crippen molar-refractivity contribution < 1.29 is 19.4 Å². The highest BCUT2D eigenvalue weighted by Gasteiger charge is 2.11. The molecule has 0 radical (unpaired) electrons. The molecule has 0 aliphatic rings. The van der Waals surface area contributed by atoms with Crippen molar-refractivity contribution in [2.24, 2.45) is 5.73 Å². The molecule has 1 aromatic heterocycles. The Balaban J connectivity index is 2.10. The molecule has 0 aliphatic carbocycles. The predicted molar refractivity (Wildman–Crippen MR) is 73.0 cm³/mol. The number of aromatic hydroxyl groups is 1. The average Bonchev–Trinajstić information content (AvgIpc) is 2.78. The number of H-pyrrole nitrogens is 1. The van der Waals surface area contributed by atoms with E-state index in [2.05, 4.69) is 9.72 Å². The number of aryl methyl sites for hydroxylation is 1. The first-order valence-electron chi connectivity index (χ1n) is 5.75. The van der Waals surface area contributed by atoms with Crippen LogP contribution in [0.4, 0.5) is 4.79 Å². The van der Waals surface area contributed by atoms with Gasteiger partial charge >= 0.3 is 11.0 Å². The Morgan fingerprint density at radius 3 is 2.85 bits per heavy atom. The van der Waals surface area contributed by atoms with Crippen LogP contribution in [-0.4, -0.2) is 28.6 Å². The summed E-state index contributed by atoms with van der Waals surface area (Å²) in [6.07, 6.45) is -0.459. The molecule has 2 rings (SSSR count). The van der Waals surface area contributed by atoms with Gasteiger partial charge in [-0.05, 0) is 18.1 Å². The molecule has 0 unspecified atom stereocenters. The van der Waals surface area contributed by atoms with Crippen LogP contribution in [0.25, 0.3) is 10.2 Å². The third-order valence-corrected chi connectivity index (χ3v) is 3.65. The van der Waals surface area contributed by atoms with Crippen molar-refractivity contribution in [1.29, 1.82) is 0 Å². The van der Waals surface area contributed by atoms with E-state index in [1.807, 2.05) is 0 Å². The molecule has 1 heterocycles. The van der Waals surface area contributed by atoms with Gasteiger partial charge in [0, 0.05) is 6.42 Å². The number of nitrogens with one attached hydrogen (secondary N) is 1. The lowest BCUT2D eigenvalue weighted by molar-refractivity contribution is -0.121. The van der Waals surface area contributed by atoms with Crippen LogP contribution in [0.2, 0.25) is 0 Å². The molecule has 2 aromatic rings. The van der Waals surface area contributed by atoms with E-state index in [-0.39, 0.29) is 29.4 Å². The number of nitrogens with two attached hydrogens (primary N) is 1. The lowest BCUT2D eigenvalue weighted by Gasteiger charge is -2.04. The van der Waals surface area contributed by atoms with Crippen LogP contribution in [-0.2, 0) is 16.0 Å². The largest absolute Gasteiger partial charge is 0.506 e. The van der Waals surface area contributed by atoms with Gasteiger partial charge in [-0.3, -0.25) is 9.59 Å². The molecule has 1 aromatic carbocycles. The normalized spacial score (nSPS) is 10.6. The summed E-state index contributed by atoms with van der Waals surface area (Å²) < 4.78 is 5.02. The van der Waals surface area contributed by atoms with E-state index in [9.17, 15) is 19.5 Å². The molecule has 20 heavy (non-hydrogen) atoms. The van der Waals surface area contributed by atoms with Crippen LogP contribution < -0.4 is 10.6 Å². The number of hydrogen-bond acceptors (Lipinski definition) is 6. The molecule has 0 spiro atoms. The summed E-state index contributed by atoms with van der Waals surface area (Å²) in [5, 5.41) is 9.63. The highest BCUT2D eigenvalue weighted by Crippen LogP contribution is 2.28. The molecule has 0 atom stereocenters. The van der Waals surface area contributed by atoms with Crippen molar-refractivity contribution >= 4 is 33.4 Å². The molecule has 1 amide bonds. The van der Waals surface area contributed by atoms with Gasteiger partial charge < -0.3 is 20.6 Å². The van der Waals surface area contributed by atoms with Crippen molar-refractivity contribution in [3.63, 3.8) is 0 Å². The van der Waals surface area contributed by atoms with Gasteiger partial charge in [-0.15, -0.1) is 0 Å². The number of hydrogen-bond donors (Lipinski definition) is 3. The Hall–Kier alpha value is -2.35.